The van der Waals surface area contributed by atoms with E-state index in [4.69, 9.17) is 20.9 Å². The molecule has 7 nitrogen and oxygen atoms in total. The molecule has 0 fully saturated rings. The van der Waals surface area contributed by atoms with Gasteiger partial charge in [0.05, 0.1) is 12.3 Å². The predicted molar refractivity (Wildman–Crippen MR) is 69.3 cm³/mol. The van der Waals surface area contributed by atoms with E-state index < -0.39 is 0 Å². The highest BCUT2D eigenvalue weighted by molar-refractivity contribution is 6.28. The molecular formula is C11H14ClN5O2. The molecule has 0 aromatic carbocycles. The average Bonchev–Trinajstić information content (AvgIpc) is 2.66. The first-order chi connectivity index (χ1) is 9.10. The van der Waals surface area contributed by atoms with Gasteiger partial charge in [-0.2, -0.15) is 15.0 Å². The van der Waals surface area contributed by atoms with E-state index in [1.807, 2.05) is 20.8 Å². The number of nitrogens with zero attached hydrogens (tertiary/aromatic N) is 4. The third-order valence-corrected chi connectivity index (χ3v) is 2.63. The largest absolute Gasteiger partial charge is 0.464 e. The first kappa shape index (κ1) is 13.5. The zero-order chi connectivity index (χ0) is 13.8. The Morgan fingerprint density at radius 3 is 2.68 bits per heavy atom. The van der Waals surface area contributed by atoms with Gasteiger partial charge in [0.15, 0.2) is 0 Å². The van der Waals surface area contributed by atoms with E-state index in [1.54, 1.807) is 0 Å². The van der Waals surface area contributed by atoms with E-state index >= 15 is 0 Å². The molecule has 0 bridgehead atoms. The summed E-state index contributed by atoms with van der Waals surface area (Å²) in [5.74, 6) is 1.11. The highest BCUT2D eigenvalue weighted by Gasteiger charge is 2.10. The van der Waals surface area contributed by atoms with Gasteiger partial charge in [-0.15, -0.1) is 0 Å². The lowest BCUT2D eigenvalue weighted by Crippen LogP contribution is -2.08. The third-order valence-electron chi connectivity index (χ3n) is 2.47. The summed E-state index contributed by atoms with van der Waals surface area (Å²) in [6.45, 7) is 6.52. The van der Waals surface area contributed by atoms with Crippen molar-refractivity contribution in [1.82, 2.24) is 20.1 Å². The van der Waals surface area contributed by atoms with Gasteiger partial charge in [-0.1, -0.05) is 5.16 Å². The van der Waals surface area contributed by atoms with Crippen molar-refractivity contribution in [2.24, 2.45) is 0 Å². The Balaban J connectivity index is 2.11. The monoisotopic (exact) mass is 283 g/mol. The van der Waals surface area contributed by atoms with Crippen molar-refractivity contribution in [3.63, 3.8) is 0 Å². The van der Waals surface area contributed by atoms with Crippen LogP contribution in [0.4, 0.5) is 5.95 Å². The molecule has 102 valence electrons. The molecule has 2 rings (SSSR count). The Bertz CT molecular complexity index is 553. The highest BCUT2D eigenvalue weighted by atomic mass is 35.5. The minimum absolute atomic E-state index is 0.0831. The SMILES string of the molecule is CCOc1nc(Cl)nc(NCc2c(C)noc2C)n1. The first-order valence-corrected chi connectivity index (χ1v) is 6.18. The van der Waals surface area contributed by atoms with Gasteiger partial charge in [-0.05, 0) is 32.4 Å². The maximum absolute atomic E-state index is 5.80. The van der Waals surface area contributed by atoms with Gasteiger partial charge < -0.3 is 14.6 Å². The lowest BCUT2D eigenvalue weighted by Gasteiger charge is -2.06. The summed E-state index contributed by atoms with van der Waals surface area (Å²) < 4.78 is 10.3. The van der Waals surface area contributed by atoms with Gasteiger partial charge in [0.25, 0.3) is 0 Å². The fraction of sp³-hybridized carbons (Fsp3) is 0.455. The number of hydrogen-bond donors (Lipinski definition) is 1. The van der Waals surface area contributed by atoms with Gasteiger partial charge >= 0.3 is 6.01 Å². The molecule has 0 aliphatic rings. The summed E-state index contributed by atoms with van der Waals surface area (Å²) in [5.41, 5.74) is 1.80. The molecule has 0 atom stereocenters. The van der Waals surface area contributed by atoms with Crippen LogP contribution in [0.5, 0.6) is 6.01 Å². The van der Waals surface area contributed by atoms with Crippen LogP contribution in [0.25, 0.3) is 0 Å². The minimum atomic E-state index is 0.0831. The molecule has 0 amide bonds. The van der Waals surface area contributed by atoms with Crippen LogP contribution in [0.1, 0.15) is 23.9 Å². The summed E-state index contributed by atoms with van der Waals surface area (Å²) in [5, 5.41) is 7.00. The summed E-state index contributed by atoms with van der Waals surface area (Å²) >= 11 is 5.80. The van der Waals surface area contributed by atoms with Crippen LogP contribution in [0.3, 0.4) is 0 Å². The summed E-state index contributed by atoms with van der Waals surface area (Å²) in [6.07, 6.45) is 0. The normalized spacial score (nSPS) is 10.5. The van der Waals surface area contributed by atoms with E-state index in [0.29, 0.717) is 19.1 Å². The quantitative estimate of drug-likeness (QED) is 0.899. The fourth-order valence-corrected chi connectivity index (χ4v) is 1.68. The van der Waals surface area contributed by atoms with Crippen molar-refractivity contribution in [2.45, 2.75) is 27.3 Å². The Kier molecular flexibility index (Phi) is 4.16. The van der Waals surface area contributed by atoms with E-state index in [9.17, 15) is 0 Å². The fourth-order valence-electron chi connectivity index (χ4n) is 1.53. The molecule has 8 heteroatoms. The maximum Gasteiger partial charge on any atom is 0.322 e. The van der Waals surface area contributed by atoms with Crippen LogP contribution in [0.2, 0.25) is 5.28 Å². The predicted octanol–water partition coefficient (Wildman–Crippen LogP) is 2.14. The Morgan fingerprint density at radius 1 is 1.26 bits per heavy atom. The van der Waals surface area contributed by atoms with Gasteiger partial charge in [-0.3, -0.25) is 0 Å². The molecular weight excluding hydrogens is 270 g/mol. The molecule has 0 aliphatic carbocycles. The van der Waals surface area contributed by atoms with E-state index in [2.05, 4.69) is 25.4 Å². The zero-order valence-corrected chi connectivity index (χ0v) is 11.7. The zero-order valence-electron chi connectivity index (χ0n) is 10.9. The second kappa shape index (κ2) is 5.83. The van der Waals surface area contributed by atoms with Crippen molar-refractivity contribution in [3.05, 3.63) is 22.3 Å². The van der Waals surface area contributed by atoms with Crippen LogP contribution in [-0.2, 0) is 6.54 Å². The standard InChI is InChI=1S/C11H14ClN5O2/c1-4-18-11-15-9(12)14-10(16-11)13-5-8-6(2)17-19-7(8)3/h4-5H2,1-3H3,(H,13,14,15,16). The molecule has 0 radical (unpaired) electrons. The third kappa shape index (κ3) is 3.31. The molecule has 0 spiro atoms. The Morgan fingerprint density at radius 2 is 2.05 bits per heavy atom. The summed E-state index contributed by atoms with van der Waals surface area (Å²) in [7, 11) is 0. The molecule has 0 saturated carbocycles. The Hall–Kier alpha value is -1.89. The van der Waals surface area contributed by atoms with Crippen LogP contribution in [-0.4, -0.2) is 26.7 Å². The van der Waals surface area contributed by atoms with Crippen molar-refractivity contribution in [3.8, 4) is 6.01 Å². The molecule has 0 aliphatic heterocycles. The number of ether oxygens (including phenoxy) is 1. The second-order valence-electron chi connectivity index (χ2n) is 3.80. The molecule has 0 unspecified atom stereocenters. The van der Waals surface area contributed by atoms with Crippen molar-refractivity contribution in [1.29, 1.82) is 0 Å². The van der Waals surface area contributed by atoms with E-state index in [0.717, 1.165) is 17.0 Å². The molecule has 2 heterocycles. The lowest BCUT2D eigenvalue weighted by atomic mass is 10.2. The number of hydrogen-bond acceptors (Lipinski definition) is 7. The van der Waals surface area contributed by atoms with E-state index in [1.165, 1.54) is 0 Å². The number of nitrogens with one attached hydrogen (secondary N) is 1. The highest BCUT2D eigenvalue weighted by Crippen LogP contribution is 2.15. The Labute approximate surface area is 115 Å². The van der Waals surface area contributed by atoms with Crippen LogP contribution < -0.4 is 10.1 Å². The number of anilines is 1. The van der Waals surface area contributed by atoms with Gasteiger partial charge in [0, 0.05) is 12.1 Å². The van der Waals surface area contributed by atoms with Gasteiger partial charge in [0.1, 0.15) is 5.76 Å². The summed E-state index contributed by atoms with van der Waals surface area (Å²) in [6, 6.07) is 0.198. The maximum atomic E-state index is 5.80. The molecule has 2 aromatic heterocycles. The van der Waals surface area contributed by atoms with E-state index in [-0.39, 0.29) is 11.3 Å². The first-order valence-electron chi connectivity index (χ1n) is 5.80. The minimum Gasteiger partial charge on any atom is -0.464 e. The average molecular weight is 284 g/mol. The van der Waals surface area contributed by atoms with Gasteiger partial charge in [0.2, 0.25) is 11.2 Å². The topological polar surface area (TPSA) is 86.0 Å². The van der Waals surface area contributed by atoms with Crippen molar-refractivity contribution in [2.75, 3.05) is 11.9 Å². The van der Waals surface area contributed by atoms with Crippen LogP contribution in [0.15, 0.2) is 4.52 Å². The molecule has 0 saturated heterocycles. The second-order valence-corrected chi connectivity index (χ2v) is 4.14. The number of rotatable bonds is 5. The number of aryl methyl sites for hydroxylation is 2. The molecule has 2 aromatic rings. The smallest absolute Gasteiger partial charge is 0.322 e. The van der Waals surface area contributed by atoms with Gasteiger partial charge in [-0.25, -0.2) is 0 Å². The van der Waals surface area contributed by atoms with Crippen LogP contribution in [0, 0.1) is 13.8 Å². The van der Waals surface area contributed by atoms with Crippen LogP contribution >= 0.6 is 11.6 Å². The van der Waals surface area contributed by atoms with Crippen molar-refractivity contribution >= 4 is 17.5 Å². The summed E-state index contributed by atoms with van der Waals surface area (Å²) in [4.78, 5) is 11.9. The molecule has 19 heavy (non-hydrogen) atoms. The molecule has 1 N–H and O–H groups in total. The van der Waals surface area contributed by atoms with Crippen molar-refractivity contribution < 1.29 is 9.26 Å². The lowest BCUT2D eigenvalue weighted by molar-refractivity contribution is 0.312. The number of aromatic nitrogens is 4. The number of halogens is 1.